The van der Waals surface area contributed by atoms with Gasteiger partial charge in [-0.1, -0.05) is 0 Å². The van der Waals surface area contributed by atoms with Crippen LogP contribution in [0.15, 0.2) is 18.7 Å². The first kappa shape index (κ1) is 15.1. The largest absolute Gasteiger partial charge is 0.478 e. The fourth-order valence-corrected chi connectivity index (χ4v) is 2.44. The third kappa shape index (κ3) is 2.77. The van der Waals surface area contributed by atoms with Gasteiger partial charge in [-0.15, -0.1) is 0 Å². The maximum absolute atomic E-state index is 11.3. The zero-order chi connectivity index (χ0) is 16.4. The van der Waals surface area contributed by atoms with Crippen LogP contribution >= 0.6 is 0 Å². The summed E-state index contributed by atoms with van der Waals surface area (Å²) in [6.07, 6.45) is 5.68. The van der Waals surface area contributed by atoms with Gasteiger partial charge >= 0.3 is 0 Å². The third-order valence-electron chi connectivity index (χ3n) is 3.59. The van der Waals surface area contributed by atoms with Crippen LogP contribution in [0.25, 0.3) is 11.2 Å². The van der Waals surface area contributed by atoms with Crippen LogP contribution in [0.5, 0.6) is 5.88 Å². The molecule has 0 saturated carbocycles. The van der Waals surface area contributed by atoms with Crippen molar-refractivity contribution in [3.63, 3.8) is 0 Å². The smallest absolute Gasteiger partial charge is 0.219 e. The Kier molecular flexibility index (Phi) is 4.01. The molecule has 23 heavy (non-hydrogen) atoms. The van der Waals surface area contributed by atoms with Gasteiger partial charge in [-0.2, -0.15) is 0 Å². The lowest BCUT2D eigenvalue weighted by Gasteiger charge is -2.10. The van der Waals surface area contributed by atoms with E-state index >= 15 is 0 Å². The van der Waals surface area contributed by atoms with Crippen molar-refractivity contribution in [3.05, 3.63) is 41.2 Å². The Labute approximate surface area is 133 Å². The van der Waals surface area contributed by atoms with Crippen molar-refractivity contribution in [2.45, 2.75) is 27.3 Å². The molecule has 0 amide bonds. The molecule has 0 aliphatic rings. The van der Waals surface area contributed by atoms with E-state index in [1.165, 1.54) is 6.33 Å². The summed E-state index contributed by atoms with van der Waals surface area (Å²) in [6.45, 7) is 6.72. The molecule has 0 fully saturated rings. The molecule has 7 heteroatoms. The number of carbonyl (C=O) groups excluding carboxylic acids is 1. The van der Waals surface area contributed by atoms with Crippen LogP contribution < -0.4 is 4.74 Å². The summed E-state index contributed by atoms with van der Waals surface area (Å²) < 4.78 is 7.38. The fraction of sp³-hybridized carbons (Fsp3) is 0.312. The summed E-state index contributed by atoms with van der Waals surface area (Å²) in [5, 5.41) is 0. The molecular weight excluding hydrogens is 294 g/mol. The van der Waals surface area contributed by atoms with Crippen molar-refractivity contribution in [1.29, 1.82) is 0 Å². The lowest BCUT2D eigenvalue weighted by Crippen LogP contribution is -2.07. The van der Waals surface area contributed by atoms with Gasteiger partial charge in [-0.3, -0.25) is 9.78 Å². The first-order valence-corrected chi connectivity index (χ1v) is 7.35. The zero-order valence-electron chi connectivity index (χ0n) is 13.3. The van der Waals surface area contributed by atoms with Crippen molar-refractivity contribution >= 4 is 17.5 Å². The number of aryl methyl sites for hydroxylation is 1. The second kappa shape index (κ2) is 6.12. The van der Waals surface area contributed by atoms with E-state index in [9.17, 15) is 4.79 Å². The molecule has 118 valence electrons. The topological polar surface area (TPSA) is 82.8 Å². The molecular formula is C16H17N5O2. The minimum absolute atomic E-state index is 0.469. The molecule has 3 heterocycles. The standard InChI is InChI=1S/C16H17N5O2/c1-4-23-16-11(3)13(18-9-19-16)7-21-6-12(8-22)14-15(21)20-10(2)5-17-14/h5-6,8-9H,4,7H2,1-3H3. The summed E-state index contributed by atoms with van der Waals surface area (Å²) >= 11 is 0. The lowest BCUT2D eigenvalue weighted by molar-refractivity contribution is 0.112. The molecule has 3 aromatic heterocycles. The van der Waals surface area contributed by atoms with Gasteiger partial charge < -0.3 is 9.30 Å². The van der Waals surface area contributed by atoms with Crippen molar-refractivity contribution < 1.29 is 9.53 Å². The molecule has 0 N–H and O–H groups in total. The molecule has 7 nitrogen and oxygen atoms in total. The molecule has 0 saturated heterocycles. The minimum atomic E-state index is 0.469. The Morgan fingerprint density at radius 1 is 1.26 bits per heavy atom. The number of hydrogen-bond acceptors (Lipinski definition) is 6. The van der Waals surface area contributed by atoms with E-state index in [-0.39, 0.29) is 0 Å². The Hall–Kier alpha value is -2.83. The van der Waals surface area contributed by atoms with E-state index in [0.29, 0.717) is 35.8 Å². The first-order valence-electron chi connectivity index (χ1n) is 7.35. The minimum Gasteiger partial charge on any atom is -0.478 e. The van der Waals surface area contributed by atoms with Crippen LogP contribution in [0.3, 0.4) is 0 Å². The molecule has 0 aliphatic heterocycles. The predicted molar refractivity (Wildman–Crippen MR) is 84.7 cm³/mol. The molecule has 0 aliphatic carbocycles. The van der Waals surface area contributed by atoms with Gasteiger partial charge in [0.1, 0.15) is 11.8 Å². The van der Waals surface area contributed by atoms with Gasteiger partial charge in [-0.05, 0) is 20.8 Å². The van der Waals surface area contributed by atoms with Crippen LogP contribution in [0.1, 0.15) is 34.2 Å². The molecule has 3 rings (SSSR count). The van der Waals surface area contributed by atoms with Crippen LogP contribution in [0.2, 0.25) is 0 Å². The fourth-order valence-electron chi connectivity index (χ4n) is 2.44. The second-order valence-corrected chi connectivity index (χ2v) is 5.20. The highest BCUT2D eigenvalue weighted by molar-refractivity contribution is 5.93. The molecule has 0 unspecified atom stereocenters. The molecule has 0 radical (unpaired) electrons. The van der Waals surface area contributed by atoms with Crippen LogP contribution in [0, 0.1) is 13.8 Å². The van der Waals surface area contributed by atoms with Crippen molar-refractivity contribution in [2.75, 3.05) is 6.61 Å². The van der Waals surface area contributed by atoms with Gasteiger partial charge in [0, 0.05) is 18.0 Å². The molecule has 0 aromatic carbocycles. The second-order valence-electron chi connectivity index (χ2n) is 5.20. The Bertz CT molecular complexity index is 872. The maximum Gasteiger partial charge on any atom is 0.219 e. The number of hydrogen-bond donors (Lipinski definition) is 0. The predicted octanol–water partition coefficient (Wildman–Crippen LogP) is 2.10. The Balaban J connectivity index is 2.07. The van der Waals surface area contributed by atoms with E-state index in [1.807, 2.05) is 25.3 Å². The summed E-state index contributed by atoms with van der Waals surface area (Å²) in [5.74, 6) is 0.576. The van der Waals surface area contributed by atoms with E-state index < -0.39 is 0 Å². The summed E-state index contributed by atoms with van der Waals surface area (Å²) in [4.78, 5) is 28.5. The Morgan fingerprint density at radius 2 is 2.09 bits per heavy atom. The highest BCUT2D eigenvalue weighted by atomic mass is 16.5. The first-order chi connectivity index (χ1) is 11.1. The van der Waals surface area contributed by atoms with E-state index in [1.54, 1.807) is 12.4 Å². The number of aldehydes is 1. The van der Waals surface area contributed by atoms with E-state index in [0.717, 1.165) is 23.2 Å². The molecule has 3 aromatic rings. The number of rotatable bonds is 5. The SMILES string of the molecule is CCOc1ncnc(Cn2cc(C=O)c3ncc(C)nc32)c1C. The number of ether oxygens (including phenoxy) is 1. The molecule has 0 atom stereocenters. The number of fused-ring (bicyclic) bond motifs is 1. The summed E-state index contributed by atoms with van der Waals surface area (Å²) in [5.41, 5.74) is 4.28. The number of carbonyl (C=O) groups is 1. The summed E-state index contributed by atoms with van der Waals surface area (Å²) in [7, 11) is 0. The van der Waals surface area contributed by atoms with Gasteiger partial charge in [0.2, 0.25) is 5.88 Å². The maximum atomic E-state index is 11.3. The van der Waals surface area contributed by atoms with Crippen LogP contribution in [0.4, 0.5) is 0 Å². The van der Waals surface area contributed by atoms with Crippen molar-refractivity contribution in [1.82, 2.24) is 24.5 Å². The third-order valence-corrected chi connectivity index (χ3v) is 3.59. The zero-order valence-corrected chi connectivity index (χ0v) is 13.3. The average molecular weight is 311 g/mol. The van der Waals surface area contributed by atoms with Crippen LogP contribution in [-0.2, 0) is 6.54 Å². The lowest BCUT2D eigenvalue weighted by atomic mass is 10.2. The van der Waals surface area contributed by atoms with E-state index in [4.69, 9.17) is 4.74 Å². The summed E-state index contributed by atoms with van der Waals surface area (Å²) in [6, 6.07) is 0. The monoisotopic (exact) mass is 311 g/mol. The van der Waals surface area contributed by atoms with Crippen LogP contribution in [-0.4, -0.2) is 37.4 Å². The molecule has 0 bridgehead atoms. The van der Waals surface area contributed by atoms with Gasteiger partial charge in [0.05, 0.1) is 30.1 Å². The quantitative estimate of drug-likeness (QED) is 0.671. The average Bonchev–Trinajstić information content (AvgIpc) is 2.88. The highest BCUT2D eigenvalue weighted by Gasteiger charge is 2.14. The normalized spacial score (nSPS) is 10.9. The van der Waals surface area contributed by atoms with E-state index in [2.05, 4.69) is 19.9 Å². The number of nitrogens with zero attached hydrogens (tertiary/aromatic N) is 5. The number of aromatic nitrogens is 5. The van der Waals surface area contributed by atoms with Gasteiger partial charge in [-0.25, -0.2) is 15.0 Å². The van der Waals surface area contributed by atoms with Gasteiger partial charge in [0.15, 0.2) is 11.9 Å². The van der Waals surface area contributed by atoms with Gasteiger partial charge in [0.25, 0.3) is 0 Å². The Morgan fingerprint density at radius 3 is 2.83 bits per heavy atom. The van der Waals surface area contributed by atoms with Crippen molar-refractivity contribution in [3.8, 4) is 5.88 Å². The highest BCUT2D eigenvalue weighted by Crippen LogP contribution is 2.21. The molecule has 0 spiro atoms. The van der Waals surface area contributed by atoms with Crippen molar-refractivity contribution in [2.24, 2.45) is 0 Å².